The minimum absolute atomic E-state index is 0.0457. The Labute approximate surface area is 172 Å². The van der Waals surface area contributed by atoms with E-state index in [1.807, 2.05) is 19.1 Å². The molecular formula is C22H27FN2O3S. The first kappa shape index (κ1) is 21.5. The second kappa shape index (κ2) is 9.05. The first-order valence-electron chi connectivity index (χ1n) is 9.96. The monoisotopic (exact) mass is 418 g/mol. The molecule has 2 aromatic rings. The Hall–Kier alpha value is -2.25. The van der Waals surface area contributed by atoms with Crippen LogP contribution in [-0.2, 0) is 21.2 Å². The summed E-state index contributed by atoms with van der Waals surface area (Å²) < 4.78 is 40.1. The van der Waals surface area contributed by atoms with Crippen LogP contribution in [0.25, 0.3) is 0 Å². The predicted molar refractivity (Wildman–Crippen MR) is 110 cm³/mol. The number of hydrogen-bond acceptors (Lipinski definition) is 3. The summed E-state index contributed by atoms with van der Waals surface area (Å²) in [4.78, 5) is 12.8. The molecule has 1 amide bonds. The highest BCUT2D eigenvalue weighted by atomic mass is 32.2. The van der Waals surface area contributed by atoms with E-state index in [1.165, 1.54) is 22.0 Å². The summed E-state index contributed by atoms with van der Waals surface area (Å²) in [6, 6.07) is 12.8. The number of piperidine rings is 1. The van der Waals surface area contributed by atoms with Crippen molar-refractivity contribution >= 4 is 15.9 Å². The molecule has 0 aromatic heterocycles. The van der Waals surface area contributed by atoms with Gasteiger partial charge in [0.2, 0.25) is 15.9 Å². The van der Waals surface area contributed by atoms with Gasteiger partial charge in [-0.1, -0.05) is 31.2 Å². The first-order valence-corrected chi connectivity index (χ1v) is 11.4. The molecule has 2 atom stereocenters. The van der Waals surface area contributed by atoms with Crippen molar-refractivity contribution < 1.29 is 17.6 Å². The maximum atomic E-state index is 13.1. The van der Waals surface area contributed by atoms with E-state index >= 15 is 0 Å². The molecule has 1 N–H and O–H groups in total. The van der Waals surface area contributed by atoms with Crippen molar-refractivity contribution in [3.05, 3.63) is 65.5 Å². The van der Waals surface area contributed by atoms with Crippen molar-refractivity contribution in [3.63, 3.8) is 0 Å². The zero-order valence-corrected chi connectivity index (χ0v) is 17.6. The molecule has 1 aliphatic heterocycles. The Bertz CT molecular complexity index is 943. The molecule has 5 nitrogen and oxygen atoms in total. The van der Waals surface area contributed by atoms with E-state index in [1.54, 1.807) is 0 Å². The van der Waals surface area contributed by atoms with Gasteiger partial charge in [-0.2, -0.15) is 4.31 Å². The highest BCUT2D eigenvalue weighted by Gasteiger charge is 2.33. The molecular weight excluding hydrogens is 391 g/mol. The Morgan fingerprint density at radius 3 is 2.45 bits per heavy atom. The Morgan fingerprint density at radius 2 is 1.83 bits per heavy atom. The predicted octanol–water partition coefficient (Wildman–Crippen LogP) is 3.67. The molecule has 29 heavy (non-hydrogen) atoms. The summed E-state index contributed by atoms with van der Waals surface area (Å²) in [6.07, 6.45) is 2.21. The molecule has 2 aromatic carbocycles. The summed E-state index contributed by atoms with van der Waals surface area (Å²) >= 11 is 0. The quantitative estimate of drug-likeness (QED) is 0.778. The molecule has 7 heteroatoms. The normalized spacial score (nSPS) is 18.9. The first-order chi connectivity index (χ1) is 13.8. The van der Waals surface area contributed by atoms with Crippen molar-refractivity contribution in [2.45, 2.75) is 44.0 Å². The maximum Gasteiger partial charge on any atom is 0.243 e. The lowest BCUT2D eigenvalue weighted by molar-refractivity contribution is -0.126. The molecule has 3 rings (SSSR count). The SMILES string of the molecule is CCc1ccc([C@@H](C)NC(=O)[C@@H]2CCCN(S(=O)(=O)c3ccc(F)cc3)C2)cc1. The van der Waals surface area contributed by atoms with Crippen molar-refractivity contribution in [3.8, 4) is 0 Å². The van der Waals surface area contributed by atoms with Crippen molar-refractivity contribution in [1.82, 2.24) is 9.62 Å². The van der Waals surface area contributed by atoms with Gasteiger partial charge in [0.15, 0.2) is 0 Å². The topological polar surface area (TPSA) is 66.5 Å². The largest absolute Gasteiger partial charge is 0.349 e. The Balaban J connectivity index is 1.66. The van der Waals surface area contributed by atoms with Crippen LogP contribution in [0.15, 0.2) is 53.4 Å². The van der Waals surface area contributed by atoms with Gasteiger partial charge in [0.1, 0.15) is 5.82 Å². The van der Waals surface area contributed by atoms with E-state index in [2.05, 4.69) is 24.4 Å². The lowest BCUT2D eigenvalue weighted by atomic mass is 9.97. The number of halogens is 1. The van der Waals surface area contributed by atoms with Gasteiger partial charge in [-0.15, -0.1) is 0 Å². The smallest absolute Gasteiger partial charge is 0.243 e. The number of nitrogens with one attached hydrogen (secondary N) is 1. The zero-order chi connectivity index (χ0) is 21.0. The second-order valence-electron chi connectivity index (χ2n) is 7.48. The highest BCUT2D eigenvalue weighted by molar-refractivity contribution is 7.89. The minimum atomic E-state index is -3.75. The molecule has 0 radical (unpaired) electrons. The highest BCUT2D eigenvalue weighted by Crippen LogP contribution is 2.25. The van der Waals surface area contributed by atoms with E-state index in [0.717, 1.165) is 24.1 Å². The van der Waals surface area contributed by atoms with E-state index in [9.17, 15) is 17.6 Å². The number of amides is 1. The lowest BCUT2D eigenvalue weighted by Gasteiger charge is -2.32. The van der Waals surface area contributed by atoms with Gasteiger partial charge in [-0.05, 0) is 61.6 Å². The average molecular weight is 419 g/mol. The van der Waals surface area contributed by atoms with Gasteiger partial charge in [-0.3, -0.25) is 4.79 Å². The van der Waals surface area contributed by atoms with Crippen LogP contribution >= 0.6 is 0 Å². The summed E-state index contributed by atoms with van der Waals surface area (Å²) in [5, 5.41) is 3.01. The summed E-state index contributed by atoms with van der Waals surface area (Å²) in [5.74, 6) is -1.03. The van der Waals surface area contributed by atoms with Crippen LogP contribution in [0, 0.1) is 11.7 Å². The van der Waals surface area contributed by atoms with E-state index < -0.39 is 21.8 Å². The summed E-state index contributed by atoms with van der Waals surface area (Å²) in [7, 11) is -3.75. The average Bonchev–Trinajstić information content (AvgIpc) is 2.74. The van der Waals surface area contributed by atoms with E-state index in [0.29, 0.717) is 19.4 Å². The minimum Gasteiger partial charge on any atom is -0.349 e. The van der Waals surface area contributed by atoms with E-state index in [-0.39, 0.29) is 23.4 Å². The fraction of sp³-hybridized carbons (Fsp3) is 0.409. The number of hydrogen-bond donors (Lipinski definition) is 1. The van der Waals surface area contributed by atoms with Crippen LogP contribution < -0.4 is 5.32 Å². The lowest BCUT2D eigenvalue weighted by Crippen LogP contribution is -2.45. The number of aryl methyl sites for hydroxylation is 1. The number of carbonyl (C=O) groups is 1. The van der Waals surface area contributed by atoms with Crippen LogP contribution in [0.5, 0.6) is 0 Å². The number of sulfonamides is 1. The van der Waals surface area contributed by atoms with E-state index in [4.69, 9.17) is 0 Å². The van der Waals surface area contributed by atoms with Gasteiger partial charge in [0.05, 0.1) is 16.9 Å². The van der Waals surface area contributed by atoms with Crippen LogP contribution in [0.1, 0.15) is 43.9 Å². The molecule has 0 bridgehead atoms. The van der Waals surface area contributed by atoms with Gasteiger partial charge < -0.3 is 5.32 Å². The van der Waals surface area contributed by atoms with Gasteiger partial charge >= 0.3 is 0 Å². The zero-order valence-electron chi connectivity index (χ0n) is 16.8. The fourth-order valence-electron chi connectivity index (χ4n) is 3.59. The van der Waals surface area contributed by atoms with Crippen molar-refractivity contribution in [2.24, 2.45) is 5.92 Å². The molecule has 1 saturated heterocycles. The third-order valence-corrected chi connectivity index (χ3v) is 7.33. The van der Waals surface area contributed by atoms with Gasteiger partial charge in [0.25, 0.3) is 0 Å². The molecule has 0 spiro atoms. The fourth-order valence-corrected chi connectivity index (χ4v) is 5.11. The van der Waals surface area contributed by atoms with Gasteiger partial charge in [0, 0.05) is 13.1 Å². The van der Waals surface area contributed by atoms with Crippen LogP contribution in [0.2, 0.25) is 0 Å². The molecule has 156 valence electrons. The molecule has 0 unspecified atom stereocenters. The van der Waals surface area contributed by atoms with Crippen molar-refractivity contribution in [1.29, 1.82) is 0 Å². The molecule has 1 heterocycles. The van der Waals surface area contributed by atoms with Crippen LogP contribution in [0.3, 0.4) is 0 Å². The molecule has 0 aliphatic carbocycles. The van der Waals surface area contributed by atoms with Crippen LogP contribution in [0.4, 0.5) is 4.39 Å². The Morgan fingerprint density at radius 1 is 1.17 bits per heavy atom. The second-order valence-corrected chi connectivity index (χ2v) is 9.42. The maximum absolute atomic E-state index is 13.1. The summed E-state index contributed by atoms with van der Waals surface area (Å²) in [5.41, 5.74) is 2.25. The van der Waals surface area contributed by atoms with Gasteiger partial charge in [-0.25, -0.2) is 12.8 Å². The third-order valence-electron chi connectivity index (χ3n) is 5.45. The standard InChI is InChI=1S/C22H27FN2O3S/c1-3-17-6-8-18(9-7-17)16(2)24-22(26)19-5-4-14-25(15-19)29(27,28)21-12-10-20(23)11-13-21/h6-13,16,19H,3-5,14-15H2,1-2H3,(H,24,26)/t16-,19-/m1/s1. The number of rotatable bonds is 6. The van der Waals surface area contributed by atoms with Crippen LogP contribution in [-0.4, -0.2) is 31.7 Å². The molecule has 0 saturated carbocycles. The number of benzene rings is 2. The summed E-state index contributed by atoms with van der Waals surface area (Å²) in [6.45, 7) is 4.51. The molecule has 1 fully saturated rings. The van der Waals surface area contributed by atoms with Crippen molar-refractivity contribution in [2.75, 3.05) is 13.1 Å². The number of nitrogens with zero attached hydrogens (tertiary/aromatic N) is 1. The number of carbonyl (C=O) groups excluding carboxylic acids is 1. The Kier molecular flexibility index (Phi) is 6.70. The molecule has 1 aliphatic rings. The third kappa shape index (κ3) is 5.03.